The average molecular weight is 684 g/mol. The summed E-state index contributed by atoms with van der Waals surface area (Å²) in [4.78, 5) is 40.0. The molecule has 0 fully saturated rings. The Balaban J connectivity index is 1.27. The van der Waals surface area contributed by atoms with Gasteiger partial charge in [0, 0.05) is 27.1 Å². The van der Waals surface area contributed by atoms with Crippen molar-refractivity contribution in [2.75, 3.05) is 16.4 Å². The number of benzene rings is 4. The third-order valence-electron chi connectivity index (χ3n) is 6.51. The standard InChI is InChI=1S/C35H24Cl2N4O3S2/c36-29-16-7-13-24(32(29)37)17-30(40-33(43)23-11-5-2-6-12-23)34(44)39-25-14-8-15-26(18-25)45-21-31(42)41-35-27(19-38)28(20-46-35)22-9-3-1-4-10-22/h1-18,20H,21H2,(H,39,44)(H,40,43)(H,41,42)/b30-17+. The maximum Gasteiger partial charge on any atom is 0.272 e. The Morgan fingerprint density at radius 3 is 2.33 bits per heavy atom. The van der Waals surface area contributed by atoms with E-state index in [4.69, 9.17) is 23.2 Å². The number of amides is 3. The second-order valence-electron chi connectivity index (χ2n) is 9.67. The van der Waals surface area contributed by atoms with Crippen molar-refractivity contribution in [2.45, 2.75) is 4.90 Å². The molecule has 46 heavy (non-hydrogen) atoms. The Labute approximate surface area is 283 Å². The third-order valence-corrected chi connectivity index (χ3v) is 9.24. The molecule has 228 valence electrons. The molecule has 4 aromatic carbocycles. The van der Waals surface area contributed by atoms with Crippen LogP contribution in [-0.4, -0.2) is 23.5 Å². The van der Waals surface area contributed by atoms with Gasteiger partial charge in [-0.3, -0.25) is 14.4 Å². The molecular formula is C35H24Cl2N4O3S2. The lowest BCUT2D eigenvalue weighted by Gasteiger charge is -2.13. The van der Waals surface area contributed by atoms with Crippen molar-refractivity contribution < 1.29 is 14.4 Å². The Morgan fingerprint density at radius 2 is 1.59 bits per heavy atom. The highest BCUT2D eigenvalue weighted by atomic mass is 35.5. The predicted octanol–water partition coefficient (Wildman–Crippen LogP) is 8.73. The minimum absolute atomic E-state index is 0.0467. The molecule has 0 aliphatic rings. The fraction of sp³-hybridized carbons (Fsp3) is 0.0286. The Bertz CT molecular complexity index is 1970. The summed E-state index contributed by atoms with van der Waals surface area (Å²) in [7, 11) is 0. The molecule has 0 saturated carbocycles. The summed E-state index contributed by atoms with van der Waals surface area (Å²) < 4.78 is 0. The van der Waals surface area contributed by atoms with Crippen molar-refractivity contribution in [3.63, 3.8) is 0 Å². The number of nitriles is 1. The molecule has 3 N–H and O–H groups in total. The minimum Gasteiger partial charge on any atom is -0.321 e. The van der Waals surface area contributed by atoms with Crippen LogP contribution in [-0.2, 0) is 9.59 Å². The zero-order valence-electron chi connectivity index (χ0n) is 23.9. The molecule has 0 radical (unpaired) electrons. The van der Waals surface area contributed by atoms with Gasteiger partial charge >= 0.3 is 0 Å². The van der Waals surface area contributed by atoms with E-state index in [2.05, 4.69) is 22.0 Å². The number of nitrogens with zero attached hydrogens (tertiary/aromatic N) is 1. The minimum atomic E-state index is -0.587. The van der Waals surface area contributed by atoms with Gasteiger partial charge in [-0.05, 0) is 53.6 Å². The second kappa shape index (κ2) is 15.4. The lowest BCUT2D eigenvalue weighted by atomic mass is 10.1. The number of carbonyl (C=O) groups excluding carboxylic acids is 3. The second-order valence-corrected chi connectivity index (χ2v) is 12.4. The first-order chi connectivity index (χ1) is 22.3. The van der Waals surface area contributed by atoms with Crippen LogP contribution in [0.2, 0.25) is 10.0 Å². The first-order valence-corrected chi connectivity index (χ1v) is 16.4. The maximum atomic E-state index is 13.5. The fourth-order valence-corrected chi connectivity index (χ4v) is 6.35. The van der Waals surface area contributed by atoms with E-state index in [9.17, 15) is 19.6 Å². The largest absolute Gasteiger partial charge is 0.321 e. The van der Waals surface area contributed by atoms with E-state index in [1.807, 2.05) is 41.8 Å². The summed E-state index contributed by atoms with van der Waals surface area (Å²) in [5.41, 5.74) is 3.31. The summed E-state index contributed by atoms with van der Waals surface area (Å²) in [5, 5.41) is 21.0. The van der Waals surface area contributed by atoms with Gasteiger partial charge in [-0.2, -0.15) is 5.26 Å². The Morgan fingerprint density at radius 1 is 0.870 bits per heavy atom. The number of halogens is 2. The SMILES string of the molecule is N#Cc1c(-c2ccccc2)csc1NC(=O)CSc1cccc(NC(=O)/C(=C\c2cccc(Cl)c2Cl)NC(=O)c2ccccc2)c1. The van der Waals surface area contributed by atoms with Gasteiger partial charge in [0.25, 0.3) is 11.8 Å². The third kappa shape index (κ3) is 8.24. The molecule has 0 spiro atoms. The molecule has 11 heteroatoms. The molecule has 0 aliphatic carbocycles. The number of nitrogens with one attached hydrogen (secondary N) is 3. The van der Waals surface area contributed by atoms with Gasteiger partial charge in [0.15, 0.2) is 0 Å². The van der Waals surface area contributed by atoms with Crippen LogP contribution in [0.4, 0.5) is 10.7 Å². The van der Waals surface area contributed by atoms with Gasteiger partial charge in [-0.25, -0.2) is 0 Å². The highest BCUT2D eigenvalue weighted by Gasteiger charge is 2.18. The number of rotatable bonds is 10. The predicted molar refractivity (Wildman–Crippen MR) is 187 cm³/mol. The summed E-state index contributed by atoms with van der Waals surface area (Å²) >= 11 is 15.1. The van der Waals surface area contributed by atoms with Crippen LogP contribution < -0.4 is 16.0 Å². The average Bonchev–Trinajstić information content (AvgIpc) is 3.48. The molecule has 0 bridgehead atoms. The summed E-state index contributed by atoms with van der Waals surface area (Å²) in [5.74, 6) is -1.26. The van der Waals surface area contributed by atoms with Gasteiger partial charge in [0.1, 0.15) is 16.8 Å². The van der Waals surface area contributed by atoms with E-state index >= 15 is 0 Å². The molecule has 0 saturated heterocycles. The lowest BCUT2D eigenvalue weighted by molar-refractivity contribution is -0.114. The quantitative estimate of drug-likeness (QED) is 0.101. The maximum absolute atomic E-state index is 13.5. The molecule has 3 amide bonds. The highest BCUT2D eigenvalue weighted by molar-refractivity contribution is 8.00. The van der Waals surface area contributed by atoms with E-state index in [-0.39, 0.29) is 22.4 Å². The number of thiophene rings is 1. The van der Waals surface area contributed by atoms with Crippen molar-refractivity contribution in [2.24, 2.45) is 0 Å². The molecule has 0 unspecified atom stereocenters. The highest BCUT2D eigenvalue weighted by Crippen LogP contribution is 2.35. The van der Waals surface area contributed by atoms with Crippen LogP contribution in [0.15, 0.2) is 119 Å². The molecule has 1 heterocycles. The zero-order chi connectivity index (χ0) is 32.5. The molecule has 0 aliphatic heterocycles. The van der Waals surface area contributed by atoms with Crippen molar-refractivity contribution in [3.05, 3.63) is 141 Å². The number of carbonyl (C=O) groups is 3. The summed E-state index contributed by atoms with van der Waals surface area (Å²) in [6.45, 7) is 0. The van der Waals surface area contributed by atoms with Crippen LogP contribution in [0.3, 0.4) is 0 Å². The van der Waals surface area contributed by atoms with Crippen LogP contribution in [0, 0.1) is 11.3 Å². The molecular weight excluding hydrogens is 659 g/mol. The number of anilines is 2. The fourth-order valence-electron chi connectivity index (χ4n) is 4.29. The van der Waals surface area contributed by atoms with Crippen LogP contribution in [0.5, 0.6) is 0 Å². The smallest absolute Gasteiger partial charge is 0.272 e. The first kappa shape index (κ1) is 32.5. The Hall–Kier alpha value is -4.85. The monoisotopic (exact) mass is 682 g/mol. The summed E-state index contributed by atoms with van der Waals surface area (Å²) in [6.07, 6.45) is 1.45. The van der Waals surface area contributed by atoms with E-state index in [1.54, 1.807) is 66.7 Å². The number of thioether (sulfide) groups is 1. The molecule has 0 atom stereocenters. The zero-order valence-corrected chi connectivity index (χ0v) is 27.1. The van der Waals surface area contributed by atoms with E-state index < -0.39 is 11.8 Å². The van der Waals surface area contributed by atoms with Crippen molar-refractivity contribution in [3.8, 4) is 17.2 Å². The topological polar surface area (TPSA) is 111 Å². The van der Waals surface area contributed by atoms with Gasteiger partial charge < -0.3 is 16.0 Å². The first-order valence-electron chi connectivity index (χ1n) is 13.8. The van der Waals surface area contributed by atoms with Crippen LogP contribution in [0.25, 0.3) is 17.2 Å². The number of hydrogen-bond acceptors (Lipinski definition) is 6. The molecule has 7 nitrogen and oxygen atoms in total. The molecule has 5 aromatic rings. The number of hydrogen-bond donors (Lipinski definition) is 3. The van der Waals surface area contributed by atoms with Crippen molar-refractivity contribution in [1.29, 1.82) is 5.26 Å². The Kier molecular flexibility index (Phi) is 10.9. The van der Waals surface area contributed by atoms with Gasteiger partial charge in [-0.1, -0.05) is 89.9 Å². The molecule has 1 aromatic heterocycles. The van der Waals surface area contributed by atoms with Crippen molar-refractivity contribution in [1.82, 2.24) is 5.32 Å². The lowest BCUT2D eigenvalue weighted by Crippen LogP contribution is -2.30. The van der Waals surface area contributed by atoms with Crippen molar-refractivity contribution >= 4 is 80.8 Å². The van der Waals surface area contributed by atoms with Gasteiger partial charge in [0.2, 0.25) is 5.91 Å². The normalized spacial score (nSPS) is 10.9. The molecule has 5 rings (SSSR count). The van der Waals surface area contributed by atoms with Crippen LogP contribution in [0.1, 0.15) is 21.5 Å². The summed E-state index contributed by atoms with van der Waals surface area (Å²) in [6, 6.07) is 32.2. The van der Waals surface area contributed by atoms with Gasteiger partial charge in [-0.15, -0.1) is 23.1 Å². The van der Waals surface area contributed by atoms with Gasteiger partial charge in [0.05, 0.1) is 21.4 Å². The van der Waals surface area contributed by atoms with E-state index in [1.165, 1.54) is 29.2 Å². The van der Waals surface area contributed by atoms with E-state index in [0.717, 1.165) is 16.0 Å². The van der Waals surface area contributed by atoms with E-state index in [0.29, 0.717) is 32.4 Å². The van der Waals surface area contributed by atoms with Crippen LogP contribution >= 0.6 is 46.3 Å².